The van der Waals surface area contributed by atoms with E-state index in [2.05, 4.69) is 15.5 Å². The van der Waals surface area contributed by atoms with Crippen LogP contribution < -0.4 is 10.2 Å². The second-order valence-corrected chi connectivity index (χ2v) is 6.67. The molecule has 5 heteroatoms. The molecule has 0 saturated heterocycles. The minimum atomic E-state index is 0.551. The van der Waals surface area contributed by atoms with E-state index in [-0.39, 0.29) is 0 Å². The molecule has 1 aromatic heterocycles. The largest absolute Gasteiger partial charge is 0.489 e. The zero-order chi connectivity index (χ0) is 19.2. The van der Waals surface area contributed by atoms with E-state index in [0.29, 0.717) is 11.6 Å². The van der Waals surface area contributed by atoms with E-state index in [1.54, 1.807) is 12.4 Å². The summed E-state index contributed by atoms with van der Waals surface area (Å²) < 4.78 is 5.80. The molecule has 4 aromatic rings. The first-order valence-electron chi connectivity index (χ1n) is 8.88. The Kier molecular flexibility index (Phi) is 5.50. The Balaban J connectivity index is 1.39. The number of nitrogens with one attached hydrogen (secondary N) is 1. The molecule has 138 valence electrons. The standard InChI is InChI=1S/C23H18ClN3O/c24-19-8-11-21-22(12-13-25-23(21)14-19)27-26-15-17-6-9-20(10-7-17)28-16-18-4-2-1-3-5-18/h1-15H,16H2,(H,25,27)/b26-15+. The van der Waals surface area contributed by atoms with Gasteiger partial charge in [-0.15, -0.1) is 0 Å². The van der Waals surface area contributed by atoms with Crippen LogP contribution in [0.2, 0.25) is 5.02 Å². The van der Waals surface area contributed by atoms with Gasteiger partial charge < -0.3 is 4.74 Å². The van der Waals surface area contributed by atoms with Crippen molar-refractivity contribution in [2.45, 2.75) is 6.61 Å². The van der Waals surface area contributed by atoms with E-state index in [4.69, 9.17) is 16.3 Å². The van der Waals surface area contributed by atoms with Crippen LogP contribution in [0.1, 0.15) is 11.1 Å². The number of hydrogen-bond donors (Lipinski definition) is 1. The third-order valence-electron chi connectivity index (χ3n) is 4.23. The van der Waals surface area contributed by atoms with Gasteiger partial charge in [0.15, 0.2) is 0 Å². The first-order valence-corrected chi connectivity index (χ1v) is 9.26. The predicted molar refractivity (Wildman–Crippen MR) is 115 cm³/mol. The van der Waals surface area contributed by atoms with Gasteiger partial charge in [-0.2, -0.15) is 5.10 Å². The van der Waals surface area contributed by atoms with Gasteiger partial charge >= 0.3 is 0 Å². The monoisotopic (exact) mass is 387 g/mol. The molecule has 28 heavy (non-hydrogen) atoms. The van der Waals surface area contributed by atoms with Crippen LogP contribution in [0.5, 0.6) is 5.75 Å². The maximum Gasteiger partial charge on any atom is 0.119 e. The number of rotatable bonds is 6. The Hall–Kier alpha value is -3.37. The van der Waals surface area contributed by atoms with Gasteiger partial charge in [0.1, 0.15) is 12.4 Å². The van der Waals surface area contributed by atoms with E-state index < -0.39 is 0 Å². The van der Waals surface area contributed by atoms with Crippen LogP contribution in [0, 0.1) is 0 Å². The molecular weight excluding hydrogens is 370 g/mol. The number of fused-ring (bicyclic) bond motifs is 1. The summed E-state index contributed by atoms with van der Waals surface area (Å²) in [7, 11) is 0. The van der Waals surface area contributed by atoms with Crippen molar-refractivity contribution in [3.63, 3.8) is 0 Å². The fourth-order valence-electron chi connectivity index (χ4n) is 2.79. The highest BCUT2D eigenvalue weighted by atomic mass is 35.5. The molecule has 0 spiro atoms. The van der Waals surface area contributed by atoms with Crippen molar-refractivity contribution in [1.29, 1.82) is 0 Å². The van der Waals surface area contributed by atoms with Crippen LogP contribution in [0.25, 0.3) is 10.9 Å². The lowest BCUT2D eigenvalue weighted by molar-refractivity contribution is 0.306. The average Bonchev–Trinajstić information content (AvgIpc) is 2.74. The van der Waals surface area contributed by atoms with Gasteiger partial charge in [-0.3, -0.25) is 10.4 Å². The molecule has 0 unspecified atom stereocenters. The van der Waals surface area contributed by atoms with Gasteiger partial charge in [0.25, 0.3) is 0 Å². The summed E-state index contributed by atoms with van der Waals surface area (Å²) >= 11 is 6.03. The van der Waals surface area contributed by atoms with E-state index in [1.165, 1.54) is 0 Å². The van der Waals surface area contributed by atoms with Crippen LogP contribution in [-0.2, 0) is 6.61 Å². The van der Waals surface area contributed by atoms with Crippen molar-refractivity contribution in [3.8, 4) is 5.75 Å². The number of nitrogens with zero attached hydrogens (tertiary/aromatic N) is 2. The maximum atomic E-state index is 6.03. The lowest BCUT2D eigenvalue weighted by atomic mass is 10.2. The molecule has 0 radical (unpaired) electrons. The van der Waals surface area contributed by atoms with E-state index >= 15 is 0 Å². The topological polar surface area (TPSA) is 46.5 Å². The predicted octanol–water partition coefficient (Wildman–Crippen LogP) is 5.91. The molecule has 1 N–H and O–H groups in total. The molecule has 3 aromatic carbocycles. The Morgan fingerprint density at radius 1 is 0.964 bits per heavy atom. The second-order valence-electron chi connectivity index (χ2n) is 6.23. The van der Waals surface area contributed by atoms with E-state index in [1.807, 2.05) is 78.9 Å². The van der Waals surface area contributed by atoms with Gasteiger partial charge in [0, 0.05) is 16.6 Å². The Labute approximate surface area is 168 Å². The van der Waals surface area contributed by atoms with Crippen molar-refractivity contribution in [2.75, 3.05) is 5.43 Å². The lowest BCUT2D eigenvalue weighted by Gasteiger charge is -2.07. The summed E-state index contributed by atoms with van der Waals surface area (Å²) in [4.78, 5) is 4.33. The quantitative estimate of drug-likeness (QED) is 0.330. The summed E-state index contributed by atoms with van der Waals surface area (Å²) in [5, 5.41) is 5.96. The van der Waals surface area contributed by atoms with Crippen molar-refractivity contribution < 1.29 is 4.74 Å². The summed E-state index contributed by atoms with van der Waals surface area (Å²) in [6.45, 7) is 0.551. The molecular formula is C23H18ClN3O. The minimum absolute atomic E-state index is 0.551. The van der Waals surface area contributed by atoms with E-state index in [0.717, 1.165) is 33.5 Å². The van der Waals surface area contributed by atoms with Crippen molar-refractivity contribution in [1.82, 2.24) is 4.98 Å². The molecule has 0 bridgehead atoms. The highest BCUT2D eigenvalue weighted by Crippen LogP contribution is 2.24. The Morgan fingerprint density at radius 2 is 1.79 bits per heavy atom. The summed E-state index contributed by atoms with van der Waals surface area (Å²) in [6.07, 6.45) is 3.50. The van der Waals surface area contributed by atoms with Crippen LogP contribution >= 0.6 is 11.6 Å². The third-order valence-corrected chi connectivity index (χ3v) is 4.47. The van der Waals surface area contributed by atoms with Gasteiger partial charge in [0.2, 0.25) is 0 Å². The normalized spacial score (nSPS) is 11.0. The summed E-state index contributed by atoms with van der Waals surface area (Å²) in [5.74, 6) is 0.825. The molecule has 1 heterocycles. The summed E-state index contributed by atoms with van der Waals surface area (Å²) in [5.41, 5.74) is 6.89. The Bertz CT molecular complexity index is 1100. The molecule has 0 atom stereocenters. The molecule has 0 saturated carbocycles. The molecule has 0 fully saturated rings. The van der Waals surface area contributed by atoms with Crippen LogP contribution in [-0.4, -0.2) is 11.2 Å². The highest BCUT2D eigenvalue weighted by molar-refractivity contribution is 6.31. The number of benzene rings is 3. The molecule has 0 aliphatic rings. The van der Waals surface area contributed by atoms with Crippen LogP contribution in [0.15, 0.2) is 90.2 Å². The van der Waals surface area contributed by atoms with E-state index in [9.17, 15) is 0 Å². The van der Waals surface area contributed by atoms with Crippen LogP contribution in [0.4, 0.5) is 5.69 Å². The number of hydrazone groups is 1. The van der Waals surface area contributed by atoms with Crippen LogP contribution in [0.3, 0.4) is 0 Å². The van der Waals surface area contributed by atoms with Crippen molar-refractivity contribution in [3.05, 3.63) is 101 Å². The zero-order valence-corrected chi connectivity index (χ0v) is 15.8. The van der Waals surface area contributed by atoms with Gasteiger partial charge in [0.05, 0.1) is 17.4 Å². The third kappa shape index (κ3) is 4.48. The highest BCUT2D eigenvalue weighted by Gasteiger charge is 2.01. The average molecular weight is 388 g/mol. The number of hydrogen-bond acceptors (Lipinski definition) is 4. The number of halogens is 1. The molecule has 0 aliphatic heterocycles. The maximum absolute atomic E-state index is 6.03. The smallest absolute Gasteiger partial charge is 0.119 e. The Morgan fingerprint density at radius 3 is 2.61 bits per heavy atom. The fourth-order valence-corrected chi connectivity index (χ4v) is 2.95. The number of ether oxygens (including phenoxy) is 1. The SMILES string of the molecule is Clc1ccc2c(N/N=C/c3ccc(OCc4ccccc4)cc3)ccnc2c1. The molecule has 0 amide bonds. The molecule has 4 rings (SSSR count). The number of pyridine rings is 1. The van der Waals surface area contributed by atoms with Gasteiger partial charge in [-0.1, -0.05) is 41.9 Å². The number of aromatic nitrogens is 1. The van der Waals surface area contributed by atoms with Gasteiger partial charge in [-0.05, 0) is 59.7 Å². The minimum Gasteiger partial charge on any atom is -0.489 e. The first-order chi connectivity index (χ1) is 13.8. The first kappa shape index (κ1) is 18.0. The fraction of sp³-hybridized carbons (Fsp3) is 0.0435. The number of anilines is 1. The van der Waals surface area contributed by atoms with Crippen molar-refractivity contribution >= 4 is 34.4 Å². The molecule has 0 aliphatic carbocycles. The zero-order valence-electron chi connectivity index (χ0n) is 15.0. The summed E-state index contributed by atoms with van der Waals surface area (Å²) in [6, 6.07) is 25.4. The van der Waals surface area contributed by atoms with Gasteiger partial charge in [-0.25, -0.2) is 0 Å². The van der Waals surface area contributed by atoms with Crippen molar-refractivity contribution in [2.24, 2.45) is 5.10 Å². The second kappa shape index (κ2) is 8.55. The molecule has 4 nitrogen and oxygen atoms in total. The lowest BCUT2D eigenvalue weighted by Crippen LogP contribution is -1.95.